The van der Waals surface area contributed by atoms with Crippen molar-refractivity contribution < 1.29 is 14.1 Å². The summed E-state index contributed by atoms with van der Waals surface area (Å²) in [7, 11) is 0. The zero-order valence-corrected chi connectivity index (χ0v) is 18.0. The van der Waals surface area contributed by atoms with Crippen LogP contribution >= 0.6 is 0 Å². The van der Waals surface area contributed by atoms with Crippen LogP contribution in [0.5, 0.6) is 11.6 Å². The Bertz CT molecular complexity index is 1220. The van der Waals surface area contributed by atoms with E-state index in [1.54, 1.807) is 12.3 Å². The number of benzene rings is 1. The van der Waals surface area contributed by atoms with Gasteiger partial charge >= 0.3 is 6.03 Å². The van der Waals surface area contributed by atoms with Crippen molar-refractivity contribution in [2.45, 2.75) is 46.0 Å². The third-order valence-electron chi connectivity index (χ3n) is 4.79. The molecule has 0 aliphatic carbocycles. The number of rotatable bonds is 5. The lowest BCUT2D eigenvalue weighted by atomic mass is 9.93. The summed E-state index contributed by atoms with van der Waals surface area (Å²) in [6, 6.07) is 10.6. The van der Waals surface area contributed by atoms with E-state index < -0.39 is 0 Å². The Labute approximate surface area is 180 Å². The van der Waals surface area contributed by atoms with Crippen molar-refractivity contribution in [1.82, 2.24) is 19.7 Å². The predicted molar refractivity (Wildman–Crippen MR) is 118 cm³/mol. The molecule has 4 aromatic rings. The summed E-state index contributed by atoms with van der Waals surface area (Å²) in [5.74, 6) is 2.21. The molecule has 0 radical (unpaired) electrons. The van der Waals surface area contributed by atoms with E-state index >= 15 is 0 Å². The van der Waals surface area contributed by atoms with E-state index in [1.165, 1.54) is 10.9 Å². The number of fused-ring (bicyclic) bond motifs is 1. The van der Waals surface area contributed by atoms with Gasteiger partial charge in [-0.15, -0.1) is 0 Å². The van der Waals surface area contributed by atoms with Crippen LogP contribution in [0, 0.1) is 0 Å². The molecule has 0 aliphatic heterocycles. The number of aromatic nitrogens is 4. The van der Waals surface area contributed by atoms with Crippen LogP contribution in [0.15, 0.2) is 53.4 Å². The average Bonchev–Trinajstić information content (AvgIpc) is 3.35. The fraction of sp³-hybridized carbons (Fsp3) is 0.304. The SMILES string of the molecule is CCCc1cc(Oc2ccc3c(ccn3C(=O)Nc3cc(C(C)(C)C)on3)c2)ncn1. The Morgan fingerprint density at radius 3 is 2.74 bits per heavy atom. The molecule has 0 atom stereocenters. The number of hydrogen-bond acceptors (Lipinski definition) is 6. The molecule has 8 heteroatoms. The van der Waals surface area contributed by atoms with Crippen LogP contribution in [-0.4, -0.2) is 25.7 Å². The van der Waals surface area contributed by atoms with Crippen molar-refractivity contribution >= 4 is 22.8 Å². The standard InChI is InChI=1S/C23H25N5O3/c1-5-6-16-12-21(25-14-24-16)30-17-7-8-18-15(11-17)9-10-28(18)22(29)26-20-13-19(31-27-20)23(2,3)4/h7-14H,5-6H2,1-4H3,(H,26,27,29). The molecular weight excluding hydrogens is 394 g/mol. The Morgan fingerprint density at radius 2 is 2.00 bits per heavy atom. The van der Waals surface area contributed by atoms with E-state index in [2.05, 4.69) is 27.4 Å². The van der Waals surface area contributed by atoms with Crippen LogP contribution in [0.1, 0.15) is 45.6 Å². The topological polar surface area (TPSA) is 95.1 Å². The first-order chi connectivity index (χ1) is 14.8. The van der Waals surface area contributed by atoms with Gasteiger partial charge in [-0.1, -0.05) is 39.3 Å². The monoisotopic (exact) mass is 419 g/mol. The van der Waals surface area contributed by atoms with Gasteiger partial charge in [-0.3, -0.25) is 9.88 Å². The highest BCUT2D eigenvalue weighted by Gasteiger charge is 2.21. The molecule has 0 fully saturated rings. The molecule has 0 saturated heterocycles. The molecule has 0 bridgehead atoms. The smallest absolute Gasteiger partial charge is 0.331 e. The molecule has 1 N–H and O–H groups in total. The number of amides is 1. The van der Waals surface area contributed by atoms with Gasteiger partial charge in [0, 0.05) is 34.8 Å². The van der Waals surface area contributed by atoms with E-state index in [9.17, 15) is 4.79 Å². The molecule has 0 aliphatic rings. The van der Waals surface area contributed by atoms with Crippen LogP contribution in [0.4, 0.5) is 10.6 Å². The third-order valence-corrected chi connectivity index (χ3v) is 4.79. The lowest BCUT2D eigenvalue weighted by Crippen LogP contribution is -2.18. The summed E-state index contributed by atoms with van der Waals surface area (Å²) in [6.45, 7) is 8.16. The highest BCUT2D eigenvalue weighted by Crippen LogP contribution is 2.27. The maximum atomic E-state index is 12.7. The number of nitrogens with zero attached hydrogens (tertiary/aromatic N) is 4. The first kappa shape index (κ1) is 20.6. The maximum Gasteiger partial charge on any atom is 0.331 e. The van der Waals surface area contributed by atoms with Crippen LogP contribution in [0.3, 0.4) is 0 Å². The Balaban J connectivity index is 1.51. The van der Waals surface area contributed by atoms with Crippen molar-refractivity contribution in [2.24, 2.45) is 0 Å². The minimum absolute atomic E-state index is 0.187. The number of hydrogen-bond donors (Lipinski definition) is 1. The molecule has 1 amide bonds. The number of ether oxygens (including phenoxy) is 1. The van der Waals surface area contributed by atoms with Crippen molar-refractivity contribution in [2.75, 3.05) is 5.32 Å². The van der Waals surface area contributed by atoms with Gasteiger partial charge in [0.2, 0.25) is 5.88 Å². The van der Waals surface area contributed by atoms with Crippen molar-refractivity contribution in [3.05, 3.63) is 60.4 Å². The molecule has 0 saturated carbocycles. The third kappa shape index (κ3) is 4.58. The summed E-state index contributed by atoms with van der Waals surface area (Å²) >= 11 is 0. The van der Waals surface area contributed by atoms with Crippen molar-refractivity contribution in [3.63, 3.8) is 0 Å². The fourth-order valence-corrected chi connectivity index (χ4v) is 3.16. The van der Waals surface area contributed by atoms with Gasteiger partial charge in [-0.25, -0.2) is 14.8 Å². The first-order valence-corrected chi connectivity index (χ1v) is 10.2. The molecule has 3 aromatic heterocycles. The highest BCUT2D eigenvalue weighted by atomic mass is 16.5. The predicted octanol–water partition coefficient (Wildman–Crippen LogP) is 5.54. The minimum Gasteiger partial charge on any atom is -0.439 e. The second-order valence-electron chi connectivity index (χ2n) is 8.36. The quantitative estimate of drug-likeness (QED) is 0.456. The second kappa shape index (κ2) is 8.22. The summed E-state index contributed by atoms with van der Waals surface area (Å²) in [6.07, 6.45) is 5.09. The Morgan fingerprint density at radius 1 is 1.16 bits per heavy atom. The molecule has 8 nitrogen and oxygen atoms in total. The number of anilines is 1. The van der Waals surface area contributed by atoms with Gasteiger partial charge in [0.15, 0.2) is 5.82 Å². The van der Waals surface area contributed by atoms with E-state index in [-0.39, 0.29) is 11.4 Å². The van der Waals surface area contributed by atoms with E-state index in [1.807, 2.05) is 51.1 Å². The lowest BCUT2D eigenvalue weighted by molar-refractivity contribution is 0.254. The number of carbonyl (C=O) groups is 1. The van der Waals surface area contributed by atoms with Crippen LogP contribution in [0.2, 0.25) is 0 Å². The summed E-state index contributed by atoms with van der Waals surface area (Å²) in [4.78, 5) is 21.2. The largest absolute Gasteiger partial charge is 0.439 e. The van der Waals surface area contributed by atoms with Gasteiger partial charge in [0.25, 0.3) is 0 Å². The Hall–Kier alpha value is -3.68. The number of aryl methyl sites for hydroxylation is 1. The van der Waals surface area contributed by atoms with Crippen LogP contribution in [-0.2, 0) is 11.8 Å². The van der Waals surface area contributed by atoms with Gasteiger partial charge in [0.1, 0.15) is 17.8 Å². The van der Waals surface area contributed by atoms with Gasteiger partial charge in [0.05, 0.1) is 5.52 Å². The van der Waals surface area contributed by atoms with Crippen molar-refractivity contribution in [3.8, 4) is 11.6 Å². The van der Waals surface area contributed by atoms with Crippen molar-refractivity contribution in [1.29, 1.82) is 0 Å². The summed E-state index contributed by atoms with van der Waals surface area (Å²) in [5.41, 5.74) is 1.51. The van der Waals surface area contributed by atoms with Gasteiger partial charge in [-0.2, -0.15) is 0 Å². The molecule has 1 aromatic carbocycles. The molecular formula is C23H25N5O3. The summed E-state index contributed by atoms with van der Waals surface area (Å²) < 4.78 is 12.7. The van der Waals surface area contributed by atoms with E-state index in [0.717, 1.165) is 29.4 Å². The highest BCUT2D eigenvalue weighted by molar-refractivity contribution is 5.98. The maximum absolute atomic E-state index is 12.7. The molecule has 0 spiro atoms. The van der Waals surface area contributed by atoms with E-state index in [0.29, 0.717) is 23.2 Å². The number of nitrogens with one attached hydrogen (secondary N) is 1. The average molecular weight is 419 g/mol. The first-order valence-electron chi connectivity index (χ1n) is 10.2. The second-order valence-corrected chi connectivity index (χ2v) is 8.36. The van der Waals surface area contributed by atoms with Gasteiger partial charge < -0.3 is 9.26 Å². The van der Waals surface area contributed by atoms with Gasteiger partial charge in [-0.05, 0) is 30.7 Å². The molecule has 3 heterocycles. The minimum atomic E-state index is -0.322. The summed E-state index contributed by atoms with van der Waals surface area (Å²) in [5, 5.41) is 7.58. The van der Waals surface area contributed by atoms with Crippen LogP contribution in [0.25, 0.3) is 10.9 Å². The molecule has 0 unspecified atom stereocenters. The zero-order valence-electron chi connectivity index (χ0n) is 18.0. The lowest BCUT2D eigenvalue weighted by Gasteiger charge is -2.12. The molecule has 4 rings (SSSR count). The van der Waals surface area contributed by atoms with E-state index in [4.69, 9.17) is 9.26 Å². The zero-order chi connectivity index (χ0) is 22.0. The fourth-order valence-electron chi connectivity index (χ4n) is 3.16. The molecule has 160 valence electrons. The van der Waals surface area contributed by atoms with Crippen LogP contribution < -0.4 is 10.1 Å². The Kier molecular flexibility index (Phi) is 5.46. The normalized spacial score (nSPS) is 11.6. The number of carbonyl (C=O) groups excluding carboxylic acids is 1. The molecule has 31 heavy (non-hydrogen) atoms.